The molecule has 1 aliphatic heterocycles. The first-order chi connectivity index (χ1) is 10.8. The van der Waals surface area contributed by atoms with Crippen LogP contribution in [0.4, 0.5) is 8.63 Å². The fourth-order valence-corrected chi connectivity index (χ4v) is 2.82. The number of alkyl halides is 1. The Balaban J connectivity index is 2.48. The Morgan fingerprint density at radius 1 is 1.39 bits per heavy atom. The minimum Gasteiger partial charge on any atom is -0.329 e. The summed E-state index contributed by atoms with van der Waals surface area (Å²) in [6, 6.07) is 1.72. The SMILES string of the molecule is CC1=N/C(=C\c2c(C)cc(C)n2B(F)F)C(C)=C1NC(=O)CI. The van der Waals surface area contributed by atoms with Crippen molar-refractivity contribution in [1.29, 1.82) is 0 Å². The topological polar surface area (TPSA) is 46.4 Å². The molecule has 23 heavy (non-hydrogen) atoms. The van der Waals surface area contributed by atoms with E-state index in [2.05, 4.69) is 10.3 Å². The molecular formula is C15H17BF2IN3O. The maximum atomic E-state index is 13.3. The van der Waals surface area contributed by atoms with E-state index in [0.717, 1.165) is 15.6 Å². The van der Waals surface area contributed by atoms with Crippen LogP contribution in [0.5, 0.6) is 0 Å². The first-order valence-corrected chi connectivity index (χ1v) is 8.59. The van der Waals surface area contributed by atoms with Crippen LogP contribution in [-0.4, -0.2) is 27.9 Å². The summed E-state index contributed by atoms with van der Waals surface area (Å²) in [5, 5.41) is 2.81. The van der Waals surface area contributed by atoms with E-state index in [9.17, 15) is 13.4 Å². The normalized spacial score (nSPS) is 16.1. The van der Waals surface area contributed by atoms with E-state index in [-0.39, 0.29) is 5.91 Å². The quantitative estimate of drug-likeness (QED) is 0.443. The molecule has 0 saturated carbocycles. The number of allylic oxidation sites excluding steroid dienone is 2. The van der Waals surface area contributed by atoms with E-state index in [0.29, 0.717) is 32.9 Å². The number of hydrogen-bond donors (Lipinski definition) is 1. The molecule has 0 saturated heterocycles. The maximum absolute atomic E-state index is 13.3. The zero-order chi connectivity index (χ0) is 17.3. The summed E-state index contributed by atoms with van der Waals surface area (Å²) in [5.41, 5.74) is 4.40. The summed E-state index contributed by atoms with van der Waals surface area (Å²) in [6.45, 7) is 7.06. The molecular weight excluding hydrogens is 414 g/mol. The maximum Gasteiger partial charge on any atom is 0.677 e. The minimum absolute atomic E-state index is 0.112. The van der Waals surface area contributed by atoms with Gasteiger partial charge >= 0.3 is 7.40 Å². The molecule has 1 amide bonds. The van der Waals surface area contributed by atoms with Crippen molar-refractivity contribution < 1.29 is 13.4 Å². The number of rotatable bonds is 4. The van der Waals surface area contributed by atoms with Crippen molar-refractivity contribution in [2.45, 2.75) is 27.7 Å². The van der Waals surface area contributed by atoms with Crippen molar-refractivity contribution in [3.8, 4) is 0 Å². The second-order valence-corrected chi connectivity index (χ2v) is 6.17. The highest BCUT2D eigenvalue weighted by Crippen LogP contribution is 2.28. The summed E-state index contributed by atoms with van der Waals surface area (Å²) < 4.78 is 27.9. The van der Waals surface area contributed by atoms with Gasteiger partial charge in [0.1, 0.15) is 0 Å². The largest absolute Gasteiger partial charge is 0.677 e. The first-order valence-electron chi connectivity index (χ1n) is 7.07. The van der Waals surface area contributed by atoms with Gasteiger partial charge in [-0.25, -0.2) is 0 Å². The minimum atomic E-state index is -2.61. The Morgan fingerprint density at radius 2 is 2.04 bits per heavy atom. The lowest BCUT2D eigenvalue weighted by Crippen LogP contribution is -2.26. The van der Waals surface area contributed by atoms with Gasteiger partial charge in [-0.2, -0.15) is 0 Å². The van der Waals surface area contributed by atoms with Crippen LogP contribution in [0, 0.1) is 13.8 Å². The van der Waals surface area contributed by atoms with E-state index in [1.54, 1.807) is 32.9 Å². The number of nitrogens with one attached hydrogen (secondary N) is 1. The number of hydrogen-bond acceptors (Lipinski definition) is 2. The molecule has 0 aliphatic carbocycles. The molecule has 8 heteroatoms. The molecule has 1 aliphatic rings. The Morgan fingerprint density at radius 3 is 2.61 bits per heavy atom. The van der Waals surface area contributed by atoms with Crippen LogP contribution in [0.15, 0.2) is 28.0 Å². The van der Waals surface area contributed by atoms with Crippen LogP contribution < -0.4 is 5.32 Å². The molecule has 0 unspecified atom stereocenters. The highest BCUT2D eigenvalue weighted by Gasteiger charge is 2.25. The van der Waals surface area contributed by atoms with Gasteiger partial charge in [-0.1, -0.05) is 22.6 Å². The average Bonchev–Trinajstić information content (AvgIpc) is 2.89. The van der Waals surface area contributed by atoms with Gasteiger partial charge in [0.05, 0.1) is 21.5 Å². The Labute approximate surface area is 148 Å². The molecule has 0 radical (unpaired) electrons. The van der Waals surface area contributed by atoms with Crippen LogP contribution in [0.1, 0.15) is 30.8 Å². The van der Waals surface area contributed by atoms with Crippen LogP contribution in [-0.2, 0) is 4.79 Å². The second-order valence-electron chi connectivity index (χ2n) is 5.41. The van der Waals surface area contributed by atoms with Gasteiger partial charge in [-0.05, 0) is 45.4 Å². The first kappa shape index (κ1) is 17.9. The third kappa shape index (κ3) is 3.56. The lowest BCUT2D eigenvalue weighted by atomic mass is 10.1. The number of nitrogens with zero attached hydrogens (tertiary/aromatic N) is 2. The van der Waals surface area contributed by atoms with Gasteiger partial charge in [-0.3, -0.25) is 18.4 Å². The van der Waals surface area contributed by atoms with Crippen LogP contribution in [0.3, 0.4) is 0 Å². The molecule has 1 aromatic rings. The molecule has 1 N–H and O–H groups in total. The van der Waals surface area contributed by atoms with Crippen LogP contribution in [0.25, 0.3) is 6.08 Å². The molecule has 0 atom stereocenters. The van der Waals surface area contributed by atoms with Gasteiger partial charge in [0.15, 0.2) is 0 Å². The highest BCUT2D eigenvalue weighted by molar-refractivity contribution is 14.1. The number of halogens is 3. The summed E-state index contributed by atoms with van der Waals surface area (Å²) in [7, 11) is -2.61. The number of carbonyl (C=O) groups is 1. The smallest absolute Gasteiger partial charge is 0.329 e. The summed E-state index contributed by atoms with van der Waals surface area (Å²) in [4.78, 5) is 16.0. The molecule has 0 fully saturated rings. The summed E-state index contributed by atoms with van der Waals surface area (Å²) in [6.07, 6.45) is 1.65. The fourth-order valence-electron chi connectivity index (χ4n) is 2.63. The summed E-state index contributed by atoms with van der Waals surface area (Å²) >= 11 is 1.98. The predicted molar refractivity (Wildman–Crippen MR) is 98.1 cm³/mol. The molecule has 0 spiro atoms. The fraction of sp³-hybridized carbons (Fsp3) is 0.333. The number of carbonyl (C=O) groups excluding carboxylic acids is 1. The Hall–Kier alpha value is -1.45. The third-order valence-electron chi connectivity index (χ3n) is 3.73. The van der Waals surface area contributed by atoms with Crippen LogP contribution >= 0.6 is 22.6 Å². The van der Waals surface area contributed by atoms with Crippen molar-refractivity contribution >= 4 is 47.7 Å². The molecule has 2 heterocycles. The summed E-state index contributed by atoms with van der Waals surface area (Å²) in [5.74, 6) is -0.112. The van der Waals surface area contributed by atoms with Crippen molar-refractivity contribution in [2.24, 2.45) is 4.99 Å². The standard InChI is InChI=1S/C15H17BF2IN3O/c1-8-5-9(2)22(16(17)18)13(8)6-12-10(3)15(11(4)20-12)21-14(23)7-19/h5-6H,7H2,1-4H3,(H,21,23)/b12-6-. The third-order valence-corrected chi connectivity index (χ3v) is 4.43. The second kappa shape index (κ2) is 6.98. The van der Waals surface area contributed by atoms with Gasteiger partial charge in [0.2, 0.25) is 5.91 Å². The van der Waals surface area contributed by atoms with Gasteiger partial charge in [0.25, 0.3) is 0 Å². The molecule has 1 aromatic heterocycles. The predicted octanol–water partition coefficient (Wildman–Crippen LogP) is 3.52. The van der Waals surface area contributed by atoms with Crippen molar-refractivity contribution in [2.75, 3.05) is 4.43 Å². The number of aromatic nitrogens is 1. The van der Waals surface area contributed by atoms with Gasteiger partial charge in [0, 0.05) is 17.0 Å². The zero-order valence-corrected chi connectivity index (χ0v) is 15.5. The number of amides is 1. The zero-order valence-electron chi connectivity index (χ0n) is 13.4. The molecule has 0 bridgehead atoms. The lowest BCUT2D eigenvalue weighted by molar-refractivity contribution is -0.117. The van der Waals surface area contributed by atoms with E-state index >= 15 is 0 Å². The molecule has 4 nitrogen and oxygen atoms in total. The van der Waals surface area contributed by atoms with E-state index in [1.807, 2.05) is 29.5 Å². The lowest BCUT2D eigenvalue weighted by Gasteiger charge is -2.07. The Bertz CT molecular complexity index is 750. The van der Waals surface area contributed by atoms with Gasteiger partial charge in [-0.15, -0.1) is 0 Å². The van der Waals surface area contributed by atoms with Crippen LogP contribution in [0.2, 0.25) is 0 Å². The number of aliphatic imine (C=N–C) groups is 1. The Kier molecular flexibility index (Phi) is 5.43. The molecule has 0 aromatic carbocycles. The van der Waals surface area contributed by atoms with E-state index in [4.69, 9.17) is 0 Å². The van der Waals surface area contributed by atoms with E-state index < -0.39 is 7.40 Å². The van der Waals surface area contributed by atoms with E-state index in [1.165, 1.54) is 0 Å². The van der Waals surface area contributed by atoms with Crippen molar-refractivity contribution in [1.82, 2.24) is 9.79 Å². The van der Waals surface area contributed by atoms with Gasteiger partial charge < -0.3 is 9.79 Å². The monoisotopic (exact) mass is 431 g/mol. The van der Waals surface area contributed by atoms with Crippen molar-refractivity contribution in [3.05, 3.63) is 40.0 Å². The highest BCUT2D eigenvalue weighted by atomic mass is 127. The number of aryl methyl sites for hydroxylation is 2. The molecule has 2 rings (SSSR count). The molecule has 122 valence electrons. The van der Waals surface area contributed by atoms with Crippen molar-refractivity contribution in [3.63, 3.8) is 0 Å². The average molecular weight is 431 g/mol.